The Balaban J connectivity index is 1.97. The zero-order chi connectivity index (χ0) is 13.8. The highest BCUT2D eigenvalue weighted by atomic mass is 32.1. The average Bonchev–Trinajstić information content (AvgIpc) is 2.83. The molecule has 0 bridgehead atoms. The van der Waals surface area contributed by atoms with Crippen molar-refractivity contribution in [3.8, 4) is 0 Å². The third-order valence-corrected chi connectivity index (χ3v) is 3.44. The van der Waals surface area contributed by atoms with Gasteiger partial charge in [-0.1, -0.05) is 0 Å². The van der Waals surface area contributed by atoms with Gasteiger partial charge in [0.15, 0.2) is 0 Å². The number of carbonyl (C=O) groups excluding carboxylic acids is 1. The Kier molecular flexibility index (Phi) is 3.91. The Morgan fingerprint density at radius 1 is 1.32 bits per heavy atom. The predicted molar refractivity (Wildman–Crippen MR) is 71.3 cm³/mol. The number of nitro benzene ring substituents is 1. The van der Waals surface area contributed by atoms with Gasteiger partial charge in [0.1, 0.15) is 6.61 Å². The maximum Gasteiger partial charge on any atom is 0.339 e. The Morgan fingerprint density at radius 3 is 2.53 bits per heavy atom. The molecule has 0 fully saturated rings. The first-order valence-corrected chi connectivity index (χ1v) is 6.40. The van der Waals surface area contributed by atoms with Crippen molar-refractivity contribution >= 4 is 23.0 Å². The fraction of sp³-hybridized carbons (Fsp3) is 0.154. The maximum absolute atomic E-state index is 11.8. The van der Waals surface area contributed by atoms with Crippen molar-refractivity contribution in [1.82, 2.24) is 0 Å². The quantitative estimate of drug-likeness (QED) is 0.488. The molecule has 0 aliphatic carbocycles. The number of nitrogens with zero attached hydrogens (tertiary/aromatic N) is 1. The molecule has 2 rings (SSSR count). The lowest BCUT2D eigenvalue weighted by atomic mass is 10.2. The Morgan fingerprint density at radius 2 is 2.00 bits per heavy atom. The largest absolute Gasteiger partial charge is 0.457 e. The van der Waals surface area contributed by atoms with Gasteiger partial charge in [-0.25, -0.2) is 4.79 Å². The summed E-state index contributed by atoms with van der Waals surface area (Å²) in [5.41, 5.74) is 1.29. The van der Waals surface area contributed by atoms with Crippen molar-refractivity contribution < 1.29 is 14.5 Å². The van der Waals surface area contributed by atoms with Crippen LogP contribution < -0.4 is 0 Å². The van der Waals surface area contributed by atoms with Crippen LogP contribution in [0.3, 0.4) is 0 Å². The summed E-state index contributed by atoms with van der Waals surface area (Å²) in [4.78, 5) is 22.7. The monoisotopic (exact) mass is 277 g/mol. The standard InChI is InChI=1S/C13H11NO4S/c1-9-12(6-7-19-9)13(15)18-8-10-2-4-11(5-3-10)14(16)17/h2-7H,8H2,1H3. The number of aryl methyl sites for hydroxylation is 1. The van der Waals surface area contributed by atoms with Crippen LogP contribution in [0.25, 0.3) is 0 Å². The van der Waals surface area contributed by atoms with Crippen LogP contribution in [0.15, 0.2) is 35.7 Å². The second-order valence-electron chi connectivity index (χ2n) is 3.89. The van der Waals surface area contributed by atoms with Gasteiger partial charge in [-0.3, -0.25) is 10.1 Å². The number of hydrogen-bond donors (Lipinski definition) is 0. The van der Waals surface area contributed by atoms with Gasteiger partial charge in [-0.2, -0.15) is 0 Å². The molecular weight excluding hydrogens is 266 g/mol. The average molecular weight is 277 g/mol. The van der Waals surface area contributed by atoms with E-state index in [-0.39, 0.29) is 18.3 Å². The molecule has 0 amide bonds. The van der Waals surface area contributed by atoms with Crippen LogP contribution in [0, 0.1) is 17.0 Å². The third-order valence-electron chi connectivity index (χ3n) is 2.60. The topological polar surface area (TPSA) is 69.4 Å². The highest BCUT2D eigenvalue weighted by Gasteiger charge is 2.11. The van der Waals surface area contributed by atoms with Crippen LogP contribution in [0.1, 0.15) is 20.8 Å². The van der Waals surface area contributed by atoms with E-state index in [4.69, 9.17) is 4.74 Å². The summed E-state index contributed by atoms with van der Waals surface area (Å²) in [6, 6.07) is 7.65. The first kappa shape index (κ1) is 13.2. The summed E-state index contributed by atoms with van der Waals surface area (Å²) in [5.74, 6) is -0.378. The Bertz CT molecular complexity index is 603. The number of carbonyl (C=O) groups is 1. The zero-order valence-electron chi connectivity index (χ0n) is 10.2. The minimum atomic E-state index is -0.468. The van der Waals surface area contributed by atoms with E-state index in [1.54, 1.807) is 18.2 Å². The van der Waals surface area contributed by atoms with Gasteiger partial charge in [0.2, 0.25) is 0 Å². The van der Waals surface area contributed by atoms with E-state index in [2.05, 4.69) is 0 Å². The van der Waals surface area contributed by atoms with Gasteiger partial charge >= 0.3 is 5.97 Å². The summed E-state index contributed by atoms with van der Waals surface area (Å²) >= 11 is 1.48. The first-order valence-electron chi connectivity index (χ1n) is 5.52. The van der Waals surface area contributed by atoms with Crippen molar-refractivity contribution in [3.05, 3.63) is 61.8 Å². The molecule has 19 heavy (non-hydrogen) atoms. The minimum absolute atomic E-state index is 0.0174. The van der Waals surface area contributed by atoms with Crippen molar-refractivity contribution in [2.45, 2.75) is 13.5 Å². The van der Waals surface area contributed by atoms with Crippen LogP contribution in [0.2, 0.25) is 0 Å². The fourth-order valence-corrected chi connectivity index (χ4v) is 2.22. The molecule has 0 saturated heterocycles. The van der Waals surface area contributed by atoms with E-state index < -0.39 is 4.92 Å². The van der Waals surface area contributed by atoms with Crippen molar-refractivity contribution in [1.29, 1.82) is 0 Å². The first-order chi connectivity index (χ1) is 9.08. The normalized spacial score (nSPS) is 10.2. The SMILES string of the molecule is Cc1sccc1C(=O)OCc1ccc([N+](=O)[O-])cc1. The number of ether oxygens (including phenoxy) is 1. The lowest BCUT2D eigenvalue weighted by molar-refractivity contribution is -0.384. The summed E-state index contributed by atoms with van der Waals surface area (Å²) in [6.07, 6.45) is 0. The van der Waals surface area contributed by atoms with E-state index in [0.717, 1.165) is 4.88 Å². The lowest BCUT2D eigenvalue weighted by Crippen LogP contribution is -2.05. The van der Waals surface area contributed by atoms with Gasteiger partial charge in [-0.15, -0.1) is 11.3 Å². The van der Waals surface area contributed by atoms with Crippen LogP contribution in [0.5, 0.6) is 0 Å². The maximum atomic E-state index is 11.8. The number of non-ortho nitro benzene ring substituents is 1. The summed E-state index contributed by atoms with van der Waals surface area (Å²) in [5, 5.41) is 12.3. The van der Waals surface area contributed by atoms with E-state index in [9.17, 15) is 14.9 Å². The van der Waals surface area contributed by atoms with Crippen LogP contribution in [-0.4, -0.2) is 10.9 Å². The molecule has 0 atom stereocenters. The molecular formula is C13H11NO4S. The van der Waals surface area contributed by atoms with E-state index in [0.29, 0.717) is 11.1 Å². The molecule has 5 nitrogen and oxygen atoms in total. The number of rotatable bonds is 4. The molecule has 0 unspecified atom stereocenters. The predicted octanol–water partition coefficient (Wildman–Crippen LogP) is 3.32. The summed E-state index contributed by atoms with van der Waals surface area (Å²) < 4.78 is 5.15. The molecule has 2 aromatic rings. The van der Waals surface area contributed by atoms with E-state index >= 15 is 0 Å². The highest BCUT2D eigenvalue weighted by Crippen LogP contribution is 2.17. The van der Waals surface area contributed by atoms with Gasteiger partial charge < -0.3 is 4.74 Å². The molecule has 1 aromatic heterocycles. The van der Waals surface area contributed by atoms with Gasteiger partial charge in [0.25, 0.3) is 5.69 Å². The number of hydrogen-bond acceptors (Lipinski definition) is 5. The summed E-state index contributed by atoms with van der Waals surface area (Å²) in [6.45, 7) is 1.96. The zero-order valence-corrected chi connectivity index (χ0v) is 11.0. The molecule has 0 spiro atoms. The number of benzene rings is 1. The molecule has 0 N–H and O–H groups in total. The Hall–Kier alpha value is -2.21. The van der Waals surface area contributed by atoms with E-state index in [1.165, 1.54) is 23.5 Å². The minimum Gasteiger partial charge on any atom is -0.457 e. The third kappa shape index (κ3) is 3.17. The van der Waals surface area contributed by atoms with Crippen molar-refractivity contribution in [2.24, 2.45) is 0 Å². The van der Waals surface area contributed by atoms with Crippen LogP contribution in [0.4, 0.5) is 5.69 Å². The second-order valence-corrected chi connectivity index (χ2v) is 5.01. The van der Waals surface area contributed by atoms with E-state index in [1.807, 2.05) is 12.3 Å². The fourth-order valence-electron chi connectivity index (χ4n) is 1.54. The Labute approximate surface area is 113 Å². The molecule has 1 aromatic carbocycles. The van der Waals surface area contributed by atoms with Crippen molar-refractivity contribution in [2.75, 3.05) is 0 Å². The second kappa shape index (κ2) is 5.62. The smallest absolute Gasteiger partial charge is 0.339 e. The number of esters is 1. The lowest BCUT2D eigenvalue weighted by Gasteiger charge is -2.04. The van der Waals surface area contributed by atoms with Crippen LogP contribution >= 0.6 is 11.3 Å². The molecule has 0 saturated carbocycles. The van der Waals surface area contributed by atoms with Crippen molar-refractivity contribution in [3.63, 3.8) is 0 Å². The molecule has 98 valence electrons. The molecule has 1 heterocycles. The van der Waals surface area contributed by atoms with Gasteiger partial charge in [0.05, 0.1) is 10.5 Å². The van der Waals surface area contributed by atoms with Gasteiger partial charge in [0, 0.05) is 17.0 Å². The summed E-state index contributed by atoms with van der Waals surface area (Å²) in [7, 11) is 0. The highest BCUT2D eigenvalue weighted by molar-refractivity contribution is 7.10. The molecule has 0 radical (unpaired) electrons. The number of thiophene rings is 1. The van der Waals surface area contributed by atoms with Gasteiger partial charge in [-0.05, 0) is 36.1 Å². The number of nitro groups is 1. The van der Waals surface area contributed by atoms with Crippen LogP contribution in [-0.2, 0) is 11.3 Å². The molecule has 0 aliphatic rings. The molecule has 6 heteroatoms. The molecule has 0 aliphatic heterocycles.